The first-order chi connectivity index (χ1) is 14.1. The van der Waals surface area contributed by atoms with Gasteiger partial charge in [-0.25, -0.2) is 4.98 Å². The summed E-state index contributed by atoms with van der Waals surface area (Å²) in [5.41, 5.74) is -0.865. The molecule has 1 amide bonds. The first kappa shape index (κ1) is 22.0. The normalized spacial score (nSPS) is 19.8. The molecule has 2 atom stereocenters. The summed E-state index contributed by atoms with van der Waals surface area (Å²) >= 11 is 0. The van der Waals surface area contributed by atoms with Crippen molar-refractivity contribution >= 4 is 16.9 Å². The minimum atomic E-state index is -4.52. The second-order valence-electron chi connectivity index (χ2n) is 7.52. The summed E-state index contributed by atoms with van der Waals surface area (Å²) in [6, 6.07) is 3.08. The second-order valence-corrected chi connectivity index (χ2v) is 7.52. The number of halogens is 3. The van der Waals surface area contributed by atoms with Gasteiger partial charge in [-0.15, -0.1) is 6.58 Å². The Bertz CT molecular complexity index is 1010. The van der Waals surface area contributed by atoms with Crippen LogP contribution in [0.25, 0.3) is 11.0 Å². The Kier molecular flexibility index (Phi) is 6.30. The lowest BCUT2D eigenvalue weighted by molar-refractivity contribution is -0.143. The van der Waals surface area contributed by atoms with Crippen molar-refractivity contribution in [3.05, 3.63) is 52.5 Å². The van der Waals surface area contributed by atoms with E-state index in [4.69, 9.17) is 4.74 Å². The molecule has 1 aromatic carbocycles. The summed E-state index contributed by atoms with van der Waals surface area (Å²) in [6.07, 6.45) is -3.11. The van der Waals surface area contributed by atoms with E-state index < -0.39 is 17.3 Å². The Morgan fingerprint density at radius 2 is 1.97 bits per heavy atom. The largest absolute Gasteiger partial charge is 0.416 e. The van der Waals surface area contributed by atoms with Gasteiger partial charge in [0.15, 0.2) is 0 Å². The fraction of sp³-hybridized carbons (Fsp3) is 0.476. The highest BCUT2D eigenvalue weighted by atomic mass is 19.4. The summed E-state index contributed by atoms with van der Waals surface area (Å²) in [6.45, 7) is 8.42. The van der Waals surface area contributed by atoms with Gasteiger partial charge in [-0.2, -0.15) is 13.2 Å². The molecule has 3 rings (SSSR count). The molecule has 2 aromatic rings. The third kappa shape index (κ3) is 4.72. The summed E-state index contributed by atoms with van der Waals surface area (Å²) in [4.78, 5) is 31.3. The Morgan fingerprint density at radius 1 is 1.30 bits per heavy atom. The van der Waals surface area contributed by atoms with Crippen LogP contribution in [0.15, 0.2) is 35.6 Å². The van der Waals surface area contributed by atoms with Crippen LogP contribution in [0.3, 0.4) is 0 Å². The first-order valence-corrected chi connectivity index (χ1v) is 9.75. The molecule has 1 aliphatic rings. The maximum atomic E-state index is 13.1. The van der Waals surface area contributed by atoms with Crippen molar-refractivity contribution in [3.8, 4) is 0 Å². The van der Waals surface area contributed by atoms with Crippen LogP contribution < -0.4 is 5.56 Å². The van der Waals surface area contributed by atoms with Crippen molar-refractivity contribution in [1.82, 2.24) is 14.5 Å². The zero-order valence-electron chi connectivity index (χ0n) is 16.9. The van der Waals surface area contributed by atoms with Gasteiger partial charge in [-0.3, -0.25) is 9.59 Å². The number of benzene rings is 1. The van der Waals surface area contributed by atoms with Crippen molar-refractivity contribution in [2.75, 3.05) is 13.1 Å². The van der Waals surface area contributed by atoms with Gasteiger partial charge in [0.2, 0.25) is 5.91 Å². The van der Waals surface area contributed by atoms with Gasteiger partial charge in [0.05, 0.1) is 28.8 Å². The quantitative estimate of drug-likeness (QED) is 0.693. The topological polar surface area (TPSA) is 64.4 Å². The summed E-state index contributed by atoms with van der Waals surface area (Å²) in [7, 11) is 0. The van der Waals surface area contributed by atoms with Crippen LogP contribution in [-0.4, -0.2) is 45.7 Å². The number of nitrogens with zero attached hydrogens (tertiary/aromatic N) is 3. The smallest absolute Gasteiger partial charge is 0.372 e. The van der Waals surface area contributed by atoms with Crippen LogP contribution in [0.2, 0.25) is 0 Å². The number of amides is 1. The van der Waals surface area contributed by atoms with E-state index in [1.807, 2.05) is 13.8 Å². The fourth-order valence-corrected chi connectivity index (χ4v) is 3.71. The summed E-state index contributed by atoms with van der Waals surface area (Å²) < 4.78 is 46.2. The van der Waals surface area contributed by atoms with Crippen molar-refractivity contribution in [3.63, 3.8) is 0 Å². The van der Waals surface area contributed by atoms with Gasteiger partial charge in [-0.1, -0.05) is 6.08 Å². The monoisotopic (exact) mass is 423 g/mol. The molecule has 30 heavy (non-hydrogen) atoms. The minimum absolute atomic E-state index is 0.0419. The summed E-state index contributed by atoms with van der Waals surface area (Å²) in [5.74, 6) is -0.141. The highest BCUT2D eigenvalue weighted by Crippen LogP contribution is 2.30. The predicted octanol–water partition coefficient (Wildman–Crippen LogP) is 3.17. The highest BCUT2D eigenvalue weighted by Gasteiger charge is 2.31. The van der Waals surface area contributed by atoms with Gasteiger partial charge in [0, 0.05) is 32.5 Å². The number of ether oxygens (including phenoxy) is 1. The molecule has 0 saturated carbocycles. The van der Waals surface area contributed by atoms with E-state index >= 15 is 0 Å². The number of carbonyl (C=O) groups excluding carboxylic acids is 1. The Balaban J connectivity index is 1.90. The van der Waals surface area contributed by atoms with E-state index in [1.165, 1.54) is 16.7 Å². The molecule has 9 heteroatoms. The predicted molar refractivity (Wildman–Crippen MR) is 106 cm³/mol. The Morgan fingerprint density at radius 3 is 2.57 bits per heavy atom. The molecule has 0 aliphatic carbocycles. The third-order valence-electron chi connectivity index (χ3n) is 5.00. The Hall–Kier alpha value is -2.68. The van der Waals surface area contributed by atoms with Gasteiger partial charge >= 0.3 is 6.18 Å². The molecular formula is C21H24F3N3O3. The molecule has 0 radical (unpaired) electrons. The summed E-state index contributed by atoms with van der Waals surface area (Å²) in [5, 5.41) is 0. The highest BCUT2D eigenvalue weighted by molar-refractivity contribution is 5.77. The number of hydrogen-bond donors (Lipinski definition) is 0. The third-order valence-corrected chi connectivity index (χ3v) is 5.00. The molecule has 0 spiro atoms. The molecule has 1 fully saturated rings. The van der Waals surface area contributed by atoms with E-state index in [9.17, 15) is 22.8 Å². The zero-order valence-corrected chi connectivity index (χ0v) is 16.9. The van der Waals surface area contributed by atoms with E-state index in [1.54, 1.807) is 4.90 Å². The molecule has 0 N–H and O–H groups in total. The van der Waals surface area contributed by atoms with Crippen LogP contribution >= 0.6 is 0 Å². The molecule has 2 heterocycles. The van der Waals surface area contributed by atoms with Crippen LogP contribution in [-0.2, 0) is 28.7 Å². The zero-order chi connectivity index (χ0) is 22.1. The number of carbonyl (C=O) groups is 1. The van der Waals surface area contributed by atoms with Crippen LogP contribution in [0.5, 0.6) is 0 Å². The SMILES string of the molecule is C=CCn1c(=O)c(CCC(=O)N2C[C@@H](C)O[C@@H](C)C2)nc2cc(C(F)(F)F)ccc21. The molecule has 162 valence electrons. The van der Waals surface area contributed by atoms with Crippen molar-refractivity contribution < 1.29 is 22.7 Å². The number of fused-ring (bicyclic) bond motifs is 1. The van der Waals surface area contributed by atoms with Crippen molar-refractivity contribution in [1.29, 1.82) is 0 Å². The second kappa shape index (κ2) is 8.59. The lowest BCUT2D eigenvalue weighted by Crippen LogP contribution is -2.48. The number of aromatic nitrogens is 2. The fourth-order valence-electron chi connectivity index (χ4n) is 3.71. The van der Waals surface area contributed by atoms with Crippen LogP contribution in [0.1, 0.15) is 31.5 Å². The number of allylic oxidation sites excluding steroid dienone is 1. The van der Waals surface area contributed by atoms with Crippen LogP contribution in [0.4, 0.5) is 13.2 Å². The minimum Gasteiger partial charge on any atom is -0.372 e. The molecule has 0 bridgehead atoms. The molecule has 1 aromatic heterocycles. The maximum absolute atomic E-state index is 13.1. The van der Waals surface area contributed by atoms with Gasteiger partial charge in [0.1, 0.15) is 5.69 Å². The molecular weight excluding hydrogens is 399 g/mol. The van der Waals surface area contributed by atoms with E-state index in [0.717, 1.165) is 12.1 Å². The van der Waals surface area contributed by atoms with Gasteiger partial charge < -0.3 is 14.2 Å². The molecule has 1 saturated heterocycles. The van der Waals surface area contributed by atoms with Gasteiger partial charge in [-0.05, 0) is 32.0 Å². The number of morpholine rings is 1. The van der Waals surface area contributed by atoms with E-state index in [0.29, 0.717) is 18.6 Å². The maximum Gasteiger partial charge on any atom is 0.416 e. The van der Waals surface area contributed by atoms with Gasteiger partial charge in [0.25, 0.3) is 5.56 Å². The number of hydrogen-bond acceptors (Lipinski definition) is 4. The number of alkyl halides is 3. The van der Waals surface area contributed by atoms with E-state index in [-0.39, 0.29) is 48.7 Å². The molecule has 6 nitrogen and oxygen atoms in total. The van der Waals surface area contributed by atoms with Crippen molar-refractivity contribution in [2.24, 2.45) is 0 Å². The number of rotatable bonds is 5. The molecule has 0 unspecified atom stereocenters. The Labute approximate surface area is 172 Å². The average molecular weight is 423 g/mol. The lowest BCUT2D eigenvalue weighted by Gasteiger charge is -2.35. The number of aryl methyl sites for hydroxylation is 1. The first-order valence-electron chi connectivity index (χ1n) is 9.75. The molecule has 1 aliphatic heterocycles. The van der Waals surface area contributed by atoms with E-state index in [2.05, 4.69) is 11.6 Å². The standard InChI is InChI=1S/C21H24F3N3O3/c1-4-9-27-18-7-5-15(21(22,23)24)10-17(18)25-16(20(27)29)6-8-19(28)26-11-13(2)30-14(3)12-26/h4-5,7,10,13-14H,1,6,8-9,11-12H2,2-3H3/t13-,14+. The van der Waals surface area contributed by atoms with Crippen molar-refractivity contribution in [2.45, 2.75) is 51.6 Å². The van der Waals surface area contributed by atoms with Crippen LogP contribution in [0, 0.1) is 0 Å². The average Bonchev–Trinajstić information content (AvgIpc) is 2.66. The lowest BCUT2D eigenvalue weighted by atomic mass is 10.1.